The number of aromatic hydroxyl groups is 1. The highest BCUT2D eigenvalue weighted by Crippen LogP contribution is 2.38. The second-order valence-electron chi connectivity index (χ2n) is 10.9. The Hall–Kier alpha value is -4.80. The third-order valence-corrected chi connectivity index (χ3v) is 7.18. The highest BCUT2D eigenvalue weighted by Gasteiger charge is 2.20. The number of methoxy groups -OCH3 is 1. The van der Waals surface area contributed by atoms with Crippen molar-refractivity contribution < 1.29 is 37.7 Å². The van der Waals surface area contributed by atoms with Gasteiger partial charge in [0.05, 0.1) is 26.1 Å². The fourth-order valence-corrected chi connectivity index (χ4v) is 5.04. The second-order valence-corrected chi connectivity index (χ2v) is 10.9. The number of carboxylic acids is 1. The van der Waals surface area contributed by atoms with Crippen LogP contribution in [0.15, 0.2) is 60.9 Å². The molecule has 11 heteroatoms. The molecule has 0 amide bonds. The summed E-state index contributed by atoms with van der Waals surface area (Å²) in [6.07, 6.45) is 3.21. The van der Waals surface area contributed by atoms with Gasteiger partial charge < -0.3 is 24.6 Å². The molecule has 3 aromatic carbocycles. The van der Waals surface area contributed by atoms with Gasteiger partial charge in [-0.3, -0.25) is 4.79 Å². The minimum absolute atomic E-state index is 0.00373. The number of rotatable bonds is 15. The summed E-state index contributed by atoms with van der Waals surface area (Å²) in [5.41, 5.74) is 3.74. The van der Waals surface area contributed by atoms with E-state index in [0.29, 0.717) is 56.9 Å². The Labute approximate surface area is 260 Å². The number of hydrogen-bond donors (Lipinski definition) is 2. The van der Waals surface area contributed by atoms with Crippen molar-refractivity contribution in [1.82, 2.24) is 9.97 Å². The lowest BCUT2D eigenvalue weighted by atomic mass is 9.93. The smallest absolute Gasteiger partial charge is 0.303 e. The number of phenolic OH excluding ortho intramolecular Hbond substituents is 1. The maximum absolute atomic E-state index is 14.9. The van der Waals surface area contributed by atoms with E-state index in [4.69, 9.17) is 14.6 Å². The zero-order valence-corrected chi connectivity index (χ0v) is 25.4. The first kappa shape index (κ1) is 33.1. The summed E-state index contributed by atoms with van der Waals surface area (Å²) in [6, 6.07) is 12.7. The van der Waals surface area contributed by atoms with Gasteiger partial charge in [-0.15, -0.1) is 0 Å². The SMILES string of the molecule is COc1cc(F)c(C(C)C)cc1-c1ccc(O)cc1CN(Cc1cc(CF)cc(CF)c1)c1ncc(OCCCC(=O)O)cn1. The number of alkyl halides is 2. The standard InChI is InChI=1S/C34H36F3N3O5/c1-21(2)29-13-30(32(44-3)14-31(29)37)28-7-6-26(41)12-25(28)20-40(19-24-10-22(15-35)9-23(11-24)16-36)34-38-17-27(18-39-34)45-8-4-5-33(42)43/h6-7,9-14,17-18,21,41H,4-5,8,15-16,19-20H2,1-3H3,(H,42,43). The summed E-state index contributed by atoms with van der Waals surface area (Å²) in [6.45, 7) is 2.74. The van der Waals surface area contributed by atoms with Crippen LogP contribution < -0.4 is 14.4 Å². The molecular formula is C34H36F3N3O5. The van der Waals surface area contributed by atoms with E-state index in [-0.39, 0.29) is 49.6 Å². The van der Waals surface area contributed by atoms with Crippen molar-refractivity contribution in [3.8, 4) is 28.4 Å². The lowest BCUT2D eigenvalue weighted by Gasteiger charge is -2.25. The molecular weight excluding hydrogens is 587 g/mol. The number of aliphatic carboxylic acids is 1. The van der Waals surface area contributed by atoms with Crippen LogP contribution in [0.2, 0.25) is 0 Å². The Bertz CT molecular complexity index is 1590. The number of nitrogens with zero attached hydrogens (tertiary/aromatic N) is 3. The molecule has 0 spiro atoms. The van der Waals surface area contributed by atoms with Crippen molar-refractivity contribution in [2.45, 2.75) is 59.0 Å². The molecule has 4 rings (SSSR count). The average Bonchev–Trinajstić information content (AvgIpc) is 3.02. The molecule has 0 saturated carbocycles. The van der Waals surface area contributed by atoms with Crippen LogP contribution >= 0.6 is 0 Å². The normalized spacial score (nSPS) is 11.1. The van der Waals surface area contributed by atoms with Crippen molar-refractivity contribution in [3.05, 3.63) is 94.6 Å². The summed E-state index contributed by atoms with van der Waals surface area (Å²) in [4.78, 5) is 21.5. The Morgan fingerprint density at radius 1 is 0.933 bits per heavy atom. The average molecular weight is 624 g/mol. The number of hydrogen-bond acceptors (Lipinski definition) is 7. The maximum Gasteiger partial charge on any atom is 0.303 e. The third-order valence-electron chi connectivity index (χ3n) is 7.18. The highest BCUT2D eigenvalue weighted by molar-refractivity contribution is 5.75. The molecule has 2 N–H and O–H groups in total. The lowest BCUT2D eigenvalue weighted by molar-refractivity contribution is -0.137. The van der Waals surface area contributed by atoms with E-state index < -0.39 is 19.3 Å². The van der Waals surface area contributed by atoms with Gasteiger partial charge in [-0.1, -0.05) is 38.1 Å². The number of ether oxygens (including phenoxy) is 2. The Morgan fingerprint density at radius 2 is 1.60 bits per heavy atom. The fraction of sp³-hybridized carbons (Fsp3) is 0.324. The molecule has 238 valence electrons. The summed E-state index contributed by atoms with van der Waals surface area (Å²) in [7, 11) is 1.46. The summed E-state index contributed by atoms with van der Waals surface area (Å²) in [5, 5.41) is 19.3. The van der Waals surface area contributed by atoms with Gasteiger partial charge in [0.25, 0.3) is 0 Å². The molecule has 0 aliphatic heterocycles. The number of phenols is 1. The van der Waals surface area contributed by atoms with Gasteiger partial charge in [0.2, 0.25) is 5.95 Å². The minimum atomic E-state index is -0.918. The van der Waals surface area contributed by atoms with Crippen molar-refractivity contribution in [2.75, 3.05) is 18.6 Å². The van der Waals surface area contributed by atoms with Crippen LogP contribution in [0.5, 0.6) is 17.2 Å². The van der Waals surface area contributed by atoms with Crippen LogP contribution in [0.1, 0.15) is 60.4 Å². The van der Waals surface area contributed by atoms with Gasteiger partial charge in [0.1, 0.15) is 30.7 Å². The maximum atomic E-state index is 14.9. The van der Waals surface area contributed by atoms with Crippen LogP contribution in [0.25, 0.3) is 11.1 Å². The molecule has 0 unspecified atom stereocenters. The van der Waals surface area contributed by atoms with E-state index in [2.05, 4.69) is 9.97 Å². The first-order valence-electron chi connectivity index (χ1n) is 14.5. The van der Waals surface area contributed by atoms with E-state index in [9.17, 15) is 23.1 Å². The van der Waals surface area contributed by atoms with Crippen LogP contribution in [0.3, 0.4) is 0 Å². The van der Waals surface area contributed by atoms with Crippen LogP contribution in [0, 0.1) is 5.82 Å². The van der Waals surface area contributed by atoms with Crippen molar-refractivity contribution in [1.29, 1.82) is 0 Å². The zero-order chi connectivity index (χ0) is 32.5. The molecule has 0 radical (unpaired) electrons. The molecule has 0 aliphatic carbocycles. The van der Waals surface area contributed by atoms with Gasteiger partial charge in [-0.25, -0.2) is 23.1 Å². The predicted molar refractivity (Wildman–Crippen MR) is 164 cm³/mol. The first-order chi connectivity index (χ1) is 21.6. The third kappa shape index (κ3) is 8.65. The summed E-state index contributed by atoms with van der Waals surface area (Å²) < 4.78 is 53.3. The molecule has 0 fully saturated rings. The molecule has 1 heterocycles. The summed E-state index contributed by atoms with van der Waals surface area (Å²) >= 11 is 0. The topological polar surface area (TPSA) is 105 Å². The van der Waals surface area contributed by atoms with Crippen LogP contribution in [-0.4, -0.2) is 39.9 Å². The molecule has 0 saturated heterocycles. The van der Waals surface area contributed by atoms with E-state index in [1.165, 1.54) is 37.7 Å². The Morgan fingerprint density at radius 3 is 2.20 bits per heavy atom. The van der Waals surface area contributed by atoms with Crippen molar-refractivity contribution >= 4 is 11.9 Å². The zero-order valence-electron chi connectivity index (χ0n) is 25.4. The molecule has 8 nitrogen and oxygen atoms in total. The predicted octanol–water partition coefficient (Wildman–Crippen LogP) is 7.51. The highest BCUT2D eigenvalue weighted by atomic mass is 19.1. The lowest BCUT2D eigenvalue weighted by Crippen LogP contribution is -2.25. The van der Waals surface area contributed by atoms with Gasteiger partial charge in [0.15, 0.2) is 5.75 Å². The number of carboxylic acid groups (broad SMARTS) is 1. The molecule has 45 heavy (non-hydrogen) atoms. The molecule has 0 bridgehead atoms. The number of benzene rings is 3. The van der Waals surface area contributed by atoms with E-state index in [1.54, 1.807) is 35.2 Å². The van der Waals surface area contributed by atoms with Gasteiger partial charge in [-0.2, -0.15) is 0 Å². The Balaban J connectivity index is 1.75. The fourth-order valence-electron chi connectivity index (χ4n) is 5.04. The summed E-state index contributed by atoms with van der Waals surface area (Å²) in [5.74, 6) is -0.468. The van der Waals surface area contributed by atoms with Gasteiger partial charge >= 0.3 is 5.97 Å². The van der Waals surface area contributed by atoms with E-state index in [1.807, 2.05) is 13.8 Å². The largest absolute Gasteiger partial charge is 0.508 e. The Kier molecular flexibility index (Phi) is 11.2. The number of aromatic nitrogens is 2. The first-order valence-corrected chi connectivity index (χ1v) is 14.5. The quantitative estimate of drug-likeness (QED) is 0.131. The molecule has 0 aliphatic rings. The van der Waals surface area contributed by atoms with E-state index in [0.717, 1.165) is 0 Å². The van der Waals surface area contributed by atoms with Gasteiger partial charge in [0, 0.05) is 31.1 Å². The number of anilines is 1. The molecule has 4 aromatic rings. The minimum Gasteiger partial charge on any atom is -0.508 e. The second kappa shape index (κ2) is 15.3. The number of halogens is 3. The van der Waals surface area contributed by atoms with Crippen LogP contribution in [-0.2, 0) is 31.2 Å². The molecule has 0 atom stereocenters. The van der Waals surface area contributed by atoms with Crippen LogP contribution in [0.4, 0.5) is 19.1 Å². The number of carbonyl (C=O) groups is 1. The molecule has 1 aromatic heterocycles. The monoisotopic (exact) mass is 623 g/mol. The van der Waals surface area contributed by atoms with E-state index >= 15 is 0 Å². The van der Waals surface area contributed by atoms with Crippen molar-refractivity contribution in [3.63, 3.8) is 0 Å². The van der Waals surface area contributed by atoms with Crippen molar-refractivity contribution in [2.24, 2.45) is 0 Å². The van der Waals surface area contributed by atoms with Gasteiger partial charge in [-0.05, 0) is 63.9 Å².